The molecule has 8 nitrogen and oxygen atoms in total. The van der Waals surface area contributed by atoms with E-state index >= 15 is 0 Å². The highest BCUT2D eigenvalue weighted by atomic mass is 31.2. The minimum atomic E-state index is -5.02. The topological polar surface area (TPSA) is 141 Å². The van der Waals surface area contributed by atoms with Crippen LogP contribution in [0.15, 0.2) is 23.8 Å². The summed E-state index contributed by atoms with van der Waals surface area (Å²) in [4.78, 5) is 43.8. The van der Waals surface area contributed by atoms with Crippen LogP contribution in [-0.2, 0) is 18.7 Å². The number of allylic oxidation sites excluding steroid dienone is 4. The van der Waals surface area contributed by atoms with Crippen molar-refractivity contribution in [1.29, 1.82) is 0 Å². The van der Waals surface area contributed by atoms with Crippen molar-refractivity contribution >= 4 is 19.4 Å². The molecule has 0 amide bonds. The molecule has 0 heterocycles. The Kier molecular flexibility index (Phi) is 5.09. The molecule has 30 heavy (non-hydrogen) atoms. The van der Waals surface area contributed by atoms with Gasteiger partial charge in [0, 0.05) is 16.7 Å². The van der Waals surface area contributed by atoms with E-state index in [1.807, 2.05) is 13.0 Å². The Morgan fingerprint density at radius 2 is 2.00 bits per heavy atom. The first-order valence-electron chi connectivity index (χ1n) is 10.4. The summed E-state index contributed by atoms with van der Waals surface area (Å²) in [5.74, 6) is -1.10. The molecule has 0 radical (unpaired) electrons. The van der Waals surface area contributed by atoms with Gasteiger partial charge in [0.15, 0.2) is 11.6 Å². The lowest BCUT2D eigenvalue weighted by Gasteiger charge is -2.60. The predicted octanol–water partition coefficient (Wildman–Crippen LogP) is 1.67. The molecule has 0 saturated heterocycles. The second kappa shape index (κ2) is 6.92. The summed E-state index contributed by atoms with van der Waals surface area (Å²) in [5, 5.41) is 20.9. The van der Waals surface area contributed by atoms with E-state index in [2.05, 4.69) is 0 Å². The predicted molar refractivity (Wildman–Crippen MR) is 106 cm³/mol. The lowest BCUT2D eigenvalue weighted by Crippen LogP contribution is -2.62. The van der Waals surface area contributed by atoms with E-state index in [4.69, 9.17) is 4.52 Å². The molecule has 0 bridgehead atoms. The average molecular weight is 440 g/mol. The van der Waals surface area contributed by atoms with E-state index in [9.17, 15) is 34.2 Å². The number of aliphatic hydroxyl groups excluding tert-OH is 2. The van der Waals surface area contributed by atoms with Crippen molar-refractivity contribution in [3.8, 4) is 0 Å². The number of phosphoric ester groups is 1. The molecule has 0 aromatic carbocycles. The Morgan fingerprint density at radius 3 is 2.63 bits per heavy atom. The zero-order chi connectivity index (χ0) is 22.1. The largest absolute Gasteiger partial charge is 0.470 e. The first kappa shape index (κ1) is 22.1. The number of hydrogen-bond donors (Lipinski definition) is 4. The Balaban J connectivity index is 1.78. The van der Waals surface area contributed by atoms with Gasteiger partial charge in [-0.25, -0.2) is 4.57 Å². The molecule has 4 N–H and O–H groups in total. The number of Topliss-reactive ketones (excluding diaryl/α,β-unsaturated/α-hetero) is 1. The number of hydrogen-bond acceptors (Lipinski definition) is 6. The van der Waals surface area contributed by atoms with Gasteiger partial charge in [-0.1, -0.05) is 25.5 Å². The average Bonchev–Trinajstić information content (AvgIpc) is 2.92. The fraction of sp³-hybridized carbons (Fsp3) is 0.714. The highest BCUT2D eigenvalue weighted by molar-refractivity contribution is 7.46. The molecule has 0 spiro atoms. The molecule has 3 fully saturated rings. The number of fused-ring (bicyclic) bond motifs is 5. The minimum Gasteiger partial charge on any atom is -0.393 e. The minimum absolute atomic E-state index is 0.00695. The molecule has 7 atom stereocenters. The molecule has 4 rings (SSSR count). The smallest absolute Gasteiger partial charge is 0.393 e. The molecule has 0 aliphatic heterocycles. The Hall–Kier alpha value is -1.15. The SMILES string of the molecule is C[C@]12C=CC(=O)C=C1CC[C@@H]1[C@@H]2[C@@H](O)C[C@@]2(C)[C@H]1CC[C@]2(OP(=O)(O)O)C(=O)CO. The standard InChI is InChI=1S/C21H29O8P/c1-19-7-5-13(23)9-12(19)3-4-14-15-6-8-21(17(25)11-22,29-30(26,27)28)20(15,2)10-16(24)18(14)19/h5,7,9,14-16,18,22,24H,3-4,6,8,10-11H2,1-2H3,(H2,26,27,28)/t14-,15-,16-,18+,19-,20-,21-/m0/s1. The highest BCUT2D eigenvalue weighted by Gasteiger charge is 2.70. The molecule has 4 aliphatic rings. The van der Waals surface area contributed by atoms with E-state index in [1.165, 1.54) is 6.08 Å². The zero-order valence-electron chi connectivity index (χ0n) is 17.2. The van der Waals surface area contributed by atoms with Crippen LogP contribution >= 0.6 is 7.82 Å². The van der Waals surface area contributed by atoms with Gasteiger partial charge in [0.2, 0.25) is 0 Å². The van der Waals surface area contributed by atoms with Crippen molar-refractivity contribution in [2.45, 2.75) is 57.7 Å². The van der Waals surface area contributed by atoms with E-state index in [0.717, 1.165) is 5.57 Å². The monoisotopic (exact) mass is 440 g/mol. The third-order valence-corrected chi connectivity index (χ3v) is 9.03. The van der Waals surface area contributed by atoms with Crippen LogP contribution in [0.1, 0.15) is 46.0 Å². The molecule has 3 saturated carbocycles. The van der Waals surface area contributed by atoms with Crippen molar-refractivity contribution in [1.82, 2.24) is 0 Å². The van der Waals surface area contributed by atoms with Gasteiger partial charge in [-0.2, -0.15) is 0 Å². The quantitative estimate of drug-likeness (QED) is 0.484. The summed E-state index contributed by atoms with van der Waals surface area (Å²) in [7, 11) is -5.02. The van der Waals surface area contributed by atoms with Crippen molar-refractivity contribution < 1.29 is 38.7 Å². The molecule has 0 aromatic rings. The van der Waals surface area contributed by atoms with Crippen molar-refractivity contribution in [3.05, 3.63) is 23.8 Å². The number of carbonyl (C=O) groups excluding carboxylic acids is 2. The van der Waals surface area contributed by atoms with Gasteiger partial charge in [0.1, 0.15) is 12.2 Å². The normalized spacial score (nSPS) is 45.4. The van der Waals surface area contributed by atoms with Crippen LogP contribution in [-0.4, -0.2) is 49.9 Å². The van der Waals surface area contributed by atoms with Crippen LogP contribution < -0.4 is 0 Å². The summed E-state index contributed by atoms with van der Waals surface area (Å²) in [5.41, 5.74) is -2.35. The summed E-state index contributed by atoms with van der Waals surface area (Å²) < 4.78 is 17.0. The maximum Gasteiger partial charge on any atom is 0.470 e. The van der Waals surface area contributed by atoms with E-state index < -0.39 is 42.7 Å². The van der Waals surface area contributed by atoms with Gasteiger partial charge in [0.25, 0.3) is 0 Å². The number of ketones is 2. The first-order valence-corrected chi connectivity index (χ1v) is 11.9. The third kappa shape index (κ3) is 2.96. The first-order chi connectivity index (χ1) is 13.9. The Morgan fingerprint density at radius 1 is 1.30 bits per heavy atom. The van der Waals surface area contributed by atoms with Crippen LogP contribution in [0.3, 0.4) is 0 Å². The highest BCUT2D eigenvalue weighted by Crippen LogP contribution is 2.69. The molecule has 166 valence electrons. The van der Waals surface area contributed by atoms with Crippen LogP contribution in [0, 0.1) is 28.6 Å². The van der Waals surface area contributed by atoms with Gasteiger partial charge in [-0.3, -0.25) is 14.1 Å². The van der Waals surface area contributed by atoms with E-state index in [0.29, 0.717) is 19.3 Å². The van der Waals surface area contributed by atoms with Gasteiger partial charge in [0.05, 0.1) is 6.10 Å². The fourth-order valence-corrected chi connectivity index (χ4v) is 8.11. The Bertz CT molecular complexity index is 889. The van der Waals surface area contributed by atoms with Crippen molar-refractivity contribution in [3.63, 3.8) is 0 Å². The molecule has 9 heteroatoms. The lowest BCUT2D eigenvalue weighted by molar-refractivity contribution is -0.175. The number of carbonyl (C=O) groups is 2. The van der Waals surface area contributed by atoms with Crippen LogP contribution in [0.25, 0.3) is 0 Å². The molecular weight excluding hydrogens is 411 g/mol. The lowest BCUT2D eigenvalue weighted by atomic mass is 9.46. The van der Waals surface area contributed by atoms with Crippen LogP contribution in [0.4, 0.5) is 0 Å². The number of phosphoric acid groups is 1. The van der Waals surface area contributed by atoms with Gasteiger partial charge in [-0.15, -0.1) is 0 Å². The molecule has 0 aromatic heterocycles. The van der Waals surface area contributed by atoms with Crippen molar-refractivity contribution in [2.24, 2.45) is 28.6 Å². The van der Waals surface area contributed by atoms with E-state index in [1.54, 1.807) is 13.0 Å². The summed E-state index contributed by atoms with van der Waals surface area (Å²) >= 11 is 0. The molecular formula is C21H29O8P. The zero-order valence-corrected chi connectivity index (χ0v) is 18.0. The molecule has 4 aliphatic carbocycles. The van der Waals surface area contributed by atoms with Gasteiger partial charge >= 0.3 is 7.82 Å². The van der Waals surface area contributed by atoms with Crippen molar-refractivity contribution in [2.75, 3.05) is 6.61 Å². The number of aliphatic hydroxyl groups is 2. The second-order valence-corrected chi connectivity index (χ2v) is 10.9. The van der Waals surface area contributed by atoms with Crippen LogP contribution in [0.2, 0.25) is 0 Å². The molecule has 0 unspecified atom stereocenters. The summed E-state index contributed by atoms with van der Waals surface area (Å²) in [6, 6.07) is 0. The number of rotatable bonds is 4. The third-order valence-electron chi connectivity index (χ3n) is 8.48. The second-order valence-electron chi connectivity index (χ2n) is 9.74. The summed E-state index contributed by atoms with van der Waals surface area (Å²) in [6.07, 6.45) is 6.33. The maximum absolute atomic E-state index is 12.8. The summed E-state index contributed by atoms with van der Waals surface area (Å²) in [6.45, 7) is 2.89. The maximum atomic E-state index is 12.8. The van der Waals surface area contributed by atoms with Gasteiger partial charge < -0.3 is 20.0 Å². The van der Waals surface area contributed by atoms with E-state index in [-0.39, 0.29) is 36.4 Å². The van der Waals surface area contributed by atoms with Crippen LogP contribution in [0.5, 0.6) is 0 Å². The Labute approximate surface area is 175 Å². The fourth-order valence-electron chi connectivity index (χ4n) is 7.30. The van der Waals surface area contributed by atoms with Gasteiger partial charge in [-0.05, 0) is 56.1 Å².